The Kier molecular flexibility index (Phi) is 4.33. The second-order valence-electron chi connectivity index (χ2n) is 3.53. The van der Waals surface area contributed by atoms with Gasteiger partial charge in [0.25, 0.3) is 0 Å². The topological polar surface area (TPSA) is 24.9 Å². The van der Waals surface area contributed by atoms with Gasteiger partial charge in [-0.2, -0.15) is 0 Å². The van der Waals surface area contributed by atoms with Gasteiger partial charge in [0.15, 0.2) is 0 Å². The maximum Gasteiger partial charge on any atom is 0.0343 e. The largest absolute Gasteiger partial charge is 0.319 e. The van der Waals surface area contributed by atoms with Crippen LogP contribution in [0.4, 0.5) is 0 Å². The highest BCUT2D eigenvalue weighted by Crippen LogP contribution is 2.13. The number of aryl methyl sites for hydroxylation is 1. The third kappa shape index (κ3) is 3.30. The Bertz CT molecular complexity index is 316. The quantitative estimate of drug-likeness (QED) is 0.737. The average Bonchev–Trinajstić information content (AvgIpc) is 2.18. The van der Waals surface area contributed by atoms with Gasteiger partial charge in [-0.3, -0.25) is 4.98 Å². The molecule has 0 amide bonds. The van der Waals surface area contributed by atoms with Gasteiger partial charge < -0.3 is 5.32 Å². The van der Waals surface area contributed by atoms with Gasteiger partial charge in [-0.15, -0.1) is 0 Å². The Hall–Kier alpha value is -1.15. The third-order valence-corrected chi connectivity index (χ3v) is 2.18. The number of nitrogens with zero attached hydrogens (tertiary/aromatic N) is 1. The van der Waals surface area contributed by atoms with Gasteiger partial charge in [-0.1, -0.05) is 6.08 Å². The van der Waals surface area contributed by atoms with Crippen molar-refractivity contribution in [2.24, 2.45) is 0 Å². The highest BCUT2D eigenvalue weighted by Gasteiger charge is 1.95. The van der Waals surface area contributed by atoms with Crippen molar-refractivity contribution in [2.75, 3.05) is 13.6 Å². The fraction of sp³-hybridized carbons (Fsp3) is 0.417. The predicted octanol–water partition coefficient (Wildman–Crippen LogP) is 2.40. The predicted molar refractivity (Wildman–Crippen MR) is 61.2 cm³/mol. The van der Waals surface area contributed by atoms with Crippen molar-refractivity contribution in [3.63, 3.8) is 0 Å². The number of nitrogens with one attached hydrogen (secondary N) is 1. The second kappa shape index (κ2) is 5.55. The lowest BCUT2D eigenvalue weighted by molar-refractivity contribution is 0.808. The van der Waals surface area contributed by atoms with Crippen LogP contribution >= 0.6 is 0 Å². The summed E-state index contributed by atoms with van der Waals surface area (Å²) in [5.74, 6) is 0. The van der Waals surface area contributed by atoms with Crippen molar-refractivity contribution < 1.29 is 0 Å². The van der Waals surface area contributed by atoms with E-state index in [2.05, 4.69) is 36.3 Å². The summed E-state index contributed by atoms with van der Waals surface area (Å²) in [4.78, 5) is 4.18. The van der Waals surface area contributed by atoms with Crippen LogP contribution in [0.2, 0.25) is 0 Å². The molecule has 0 aromatic carbocycles. The van der Waals surface area contributed by atoms with Crippen molar-refractivity contribution in [2.45, 2.75) is 20.3 Å². The minimum absolute atomic E-state index is 1.02. The average molecular weight is 190 g/mol. The highest BCUT2D eigenvalue weighted by molar-refractivity contribution is 5.63. The van der Waals surface area contributed by atoms with Crippen molar-refractivity contribution in [3.05, 3.63) is 35.7 Å². The van der Waals surface area contributed by atoms with Gasteiger partial charge in [0.2, 0.25) is 0 Å². The Morgan fingerprint density at radius 3 is 2.93 bits per heavy atom. The van der Waals surface area contributed by atoms with E-state index in [0.717, 1.165) is 13.0 Å². The van der Waals surface area contributed by atoms with Gasteiger partial charge in [-0.05, 0) is 56.6 Å². The summed E-state index contributed by atoms with van der Waals surface area (Å²) in [7, 11) is 1.97. The van der Waals surface area contributed by atoms with Crippen molar-refractivity contribution >= 4 is 5.57 Å². The molecule has 0 aliphatic carbocycles. The molecule has 76 valence electrons. The van der Waals surface area contributed by atoms with Crippen LogP contribution < -0.4 is 5.32 Å². The van der Waals surface area contributed by atoms with E-state index in [1.807, 2.05) is 19.4 Å². The van der Waals surface area contributed by atoms with Crippen molar-refractivity contribution in [1.29, 1.82) is 0 Å². The molecule has 2 heteroatoms. The first-order valence-corrected chi connectivity index (χ1v) is 4.97. The lowest BCUT2D eigenvalue weighted by Gasteiger charge is -2.02. The molecule has 1 aromatic rings. The first-order chi connectivity index (χ1) is 6.74. The molecule has 0 saturated heterocycles. The zero-order chi connectivity index (χ0) is 10.4. The molecule has 1 heterocycles. The van der Waals surface area contributed by atoms with Gasteiger partial charge in [-0.25, -0.2) is 0 Å². The fourth-order valence-electron chi connectivity index (χ4n) is 1.32. The summed E-state index contributed by atoms with van der Waals surface area (Å²) in [5.41, 5.74) is 3.74. The smallest absolute Gasteiger partial charge is 0.0343 e. The normalized spacial score (nSPS) is 11.8. The van der Waals surface area contributed by atoms with Gasteiger partial charge >= 0.3 is 0 Å². The standard InChI is InChI=1S/C12H18N2/c1-10-7-12(9-14-8-10)11(2)5-4-6-13-3/h5,7-9,13H,4,6H2,1-3H3/b11-5-. The van der Waals surface area contributed by atoms with E-state index in [1.165, 1.54) is 16.7 Å². The van der Waals surface area contributed by atoms with E-state index in [9.17, 15) is 0 Å². The SMILES string of the molecule is CNCC/C=C(/C)c1cncc(C)c1. The maximum absolute atomic E-state index is 4.18. The second-order valence-corrected chi connectivity index (χ2v) is 3.53. The monoisotopic (exact) mass is 190 g/mol. The molecule has 2 nitrogen and oxygen atoms in total. The summed E-state index contributed by atoms with van der Waals surface area (Å²) in [5, 5.41) is 3.13. The molecule has 14 heavy (non-hydrogen) atoms. The van der Waals surface area contributed by atoms with Crippen LogP contribution in [0.1, 0.15) is 24.5 Å². The van der Waals surface area contributed by atoms with Crippen LogP contribution in [0.3, 0.4) is 0 Å². The Morgan fingerprint density at radius 2 is 2.29 bits per heavy atom. The van der Waals surface area contributed by atoms with E-state index in [4.69, 9.17) is 0 Å². The lowest BCUT2D eigenvalue weighted by Crippen LogP contribution is -2.05. The van der Waals surface area contributed by atoms with Crippen LogP contribution in [-0.4, -0.2) is 18.6 Å². The van der Waals surface area contributed by atoms with E-state index >= 15 is 0 Å². The van der Waals surface area contributed by atoms with E-state index in [0.29, 0.717) is 0 Å². The molecular formula is C12H18N2. The number of pyridine rings is 1. The molecule has 0 radical (unpaired) electrons. The minimum Gasteiger partial charge on any atom is -0.319 e. The number of allylic oxidation sites excluding steroid dienone is 1. The minimum atomic E-state index is 1.02. The molecule has 0 spiro atoms. The zero-order valence-corrected chi connectivity index (χ0v) is 9.17. The first kappa shape index (κ1) is 10.9. The summed E-state index contributed by atoms with van der Waals surface area (Å²) >= 11 is 0. The Balaban J connectivity index is 2.68. The molecule has 0 aliphatic rings. The van der Waals surface area contributed by atoms with Gasteiger partial charge in [0.05, 0.1) is 0 Å². The number of hydrogen-bond donors (Lipinski definition) is 1. The van der Waals surface area contributed by atoms with E-state index in [-0.39, 0.29) is 0 Å². The summed E-state index contributed by atoms with van der Waals surface area (Å²) in [6, 6.07) is 2.16. The molecule has 0 bridgehead atoms. The van der Waals surface area contributed by atoms with Crippen LogP contribution in [0, 0.1) is 6.92 Å². The molecule has 0 aliphatic heterocycles. The molecule has 0 fully saturated rings. The summed E-state index contributed by atoms with van der Waals surface area (Å²) in [6.07, 6.45) is 7.10. The van der Waals surface area contributed by atoms with Crippen molar-refractivity contribution in [3.8, 4) is 0 Å². The Morgan fingerprint density at radius 1 is 1.50 bits per heavy atom. The van der Waals surface area contributed by atoms with Crippen LogP contribution in [0.15, 0.2) is 24.5 Å². The highest BCUT2D eigenvalue weighted by atomic mass is 14.8. The number of hydrogen-bond acceptors (Lipinski definition) is 2. The summed E-state index contributed by atoms with van der Waals surface area (Å²) < 4.78 is 0. The molecule has 1 N–H and O–H groups in total. The Labute approximate surface area is 86.1 Å². The molecule has 0 saturated carbocycles. The van der Waals surface area contributed by atoms with Crippen molar-refractivity contribution in [1.82, 2.24) is 10.3 Å². The molecule has 0 atom stereocenters. The lowest BCUT2D eigenvalue weighted by atomic mass is 10.1. The van der Waals surface area contributed by atoms with E-state index in [1.54, 1.807) is 0 Å². The van der Waals surface area contributed by atoms with Gasteiger partial charge in [0.1, 0.15) is 0 Å². The maximum atomic E-state index is 4.18. The summed E-state index contributed by atoms with van der Waals surface area (Å²) in [6.45, 7) is 5.22. The molecule has 1 aromatic heterocycles. The van der Waals surface area contributed by atoms with Crippen LogP contribution in [0.25, 0.3) is 5.57 Å². The fourth-order valence-corrected chi connectivity index (χ4v) is 1.32. The first-order valence-electron chi connectivity index (χ1n) is 4.97. The van der Waals surface area contributed by atoms with Crippen LogP contribution in [-0.2, 0) is 0 Å². The zero-order valence-electron chi connectivity index (χ0n) is 9.17. The molecule has 1 rings (SSSR count). The van der Waals surface area contributed by atoms with Crippen LogP contribution in [0.5, 0.6) is 0 Å². The molecular weight excluding hydrogens is 172 g/mol. The number of aromatic nitrogens is 1. The molecule has 0 unspecified atom stereocenters. The number of rotatable bonds is 4. The van der Waals surface area contributed by atoms with E-state index < -0.39 is 0 Å². The third-order valence-electron chi connectivity index (χ3n) is 2.18. The van der Waals surface area contributed by atoms with Gasteiger partial charge in [0, 0.05) is 12.4 Å².